The largest absolute Gasteiger partial charge is 0.338 e. The van der Waals surface area contributed by atoms with Crippen LogP contribution in [0.2, 0.25) is 0 Å². The van der Waals surface area contributed by atoms with Gasteiger partial charge in [-0.2, -0.15) is 5.10 Å². The number of rotatable bonds is 3. The van der Waals surface area contributed by atoms with Gasteiger partial charge >= 0.3 is 0 Å². The topological polar surface area (TPSA) is 69.3 Å². The fourth-order valence-corrected chi connectivity index (χ4v) is 5.95. The SMILES string of the molecule is CC(=O)N1C[C@H]2CN(C(=O)c3cn[nH]c3C3CCCCC3)C[C@H]2[C@H]1c1ccccc1. The molecule has 0 spiro atoms. The van der Waals surface area contributed by atoms with Crippen molar-refractivity contribution in [1.82, 2.24) is 20.0 Å². The Morgan fingerprint density at radius 3 is 2.53 bits per heavy atom. The Hall–Kier alpha value is -2.63. The standard InChI is InChI=1S/C24H30N4O2/c1-16(29)28-14-19-13-27(15-21(19)23(28)18-10-6-3-7-11-18)24(30)20-12-25-26-22(20)17-8-4-2-5-9-17/h3,6-7,10-12,17,19,21,23H,2,4-5,8-9,13-15H2,1H3,(H,25,26)/t19-,21-,23-/m1/s1. The zero-order valence-electron chi connectivity index (χ0n) is 17.6. The third-order valence-electron chi connectivity index (χ3n) is 7.41. The number of aromatic amines is 1. The van der Waals surface area contributed by atoms with E-state index in [0.717, 1.165) is 30.6 Å². The minimum Gasteiger partial charge on any atom is -0.338 e. The van der Waals surface area contributed by atoms with E-state index in [-0.39, 0.29) is 23.8 Å². The van der Waals surface area contributed by atoms with Crippen molar-refractivity contribution < 1.29 is 9.59 Å². The van der Waals surface area contributed by atoms with Gasteiger partial charge in [0.05, 0.1) is 23.5 Å². The normalized spacial score (nSPS) is 26.8. The molecular formula is C24H30N4O2. The number of fused-ring (bicyclic) bond motifs is 1. The predicted octanol–water partition coefficient (Wildman–Crippen LogP) is 3.75. The number of hydrogen-bond donors (Lipinski definition) is 1. The minimum atomic E-state index is 0.0497. The molecule has 30 heavy (non-hydrogen) atoms. The summed E-state index contributed by atoms with van der Waals surface area (Å²) in [7, 11) is 0. The monoisotopic (exact) mass is 406 g/mol. The summed E-state index contributed by atoms with van der Waals surface area (Å²) in [5.41, 5.74) is 2.95. The number of carbonyl (C=O) groups excluding carboxylic acids is 2. The molecule has 1 aliphatic carbocycles. The van der Waals surface area contributed by atoms with Crippen LogP contribution in [0.3, 0.4) is 0 Å². The number of aromatic nitrogens is 2. The van der Waals surface area contributed by atoms with Gasteiger partial charge in [0.2, 0.25) is 5.91 Å². The molecule has 1 aromatic carbocycles. The third kappa shape index (κ3) is 3.32. The molecule has 3 heterocycles. The Kier molecular flexibility index (Phi) is 5.09. The maximum atomic E-state index is 13.4. The zero-order chi connectivity index (χ0) is 20.7. The van der Waals surface area contributed by atoms with Gasteiger partial charge in [-0.15, -0.1) is 0 Å². The Morgan fingerprint density at radius 2 is 1.80 bits per heavy atom. The number of hydrogen-bond acceptors (Lipinski definition) is 3. The first-order valence-electron chi connectivity index (χ1n) is 11.3. The van der Waals surface area contributed by atoms with E-state index in [2.05, 4.69) is 22.3 Å². The van der Waals surface area contributed by atoms with Crippen LogP contribution in [-0.2, 0) is 4.79 Å². The quantitative estimate of drug-likeness (QED) is 0.844. The fourth-order valence-electron chi connectivity index (χ4n) is 5.95. The van der Waals surface area contributed by atoms with Crippen LogP contribution < -0.4 is 0 Å². The Labute approximate surface area is 177 Å². The number of likely N-dealkylation sites (tertiary alicyclic amines) is 2. The summed E-state index contributed by atoms with van der Waals surface area (Å²) >= 11 is 0. The number of H-pyrrole nitrogens is 1. The number of amides is 2. The van der Waals surface area contributed by atoms with Crippen LogP contribution in [-0.4, -0.2) is 51.4 Å². The van der Waals surface area contributed by atoms with Crippen molar-refractivity contribution in [2.75, 3.05) is 19.6 Å². The van der Waals surface area contributed by atoms with Gasteiger partial charge in [-0.05, 0) is 18.4 Å². The summed E-state index contributed by atoms with van der Waals surface area (Å²) in [5, 5.41) is 7.37. The molecule has 1 aromatic heterocycles. The lowest BCUT2D eigenvalue weighted by Gasteiger charge is -2.29. The van der Waals surface area contributed by atoms with Gasteiger partial charge < -0.3 is 9.80 Å². The van der Waals surface area contributed by atoms with E-state index in [1.54, 1.807) is 13.1 Å². The third-order valence-corrected chi connectivity index (χ3v) is 7.41. The van der Waals surface area contributed by atoms with Crippen molar-refractivity contribution in [1.29, 1.82) is 0 Å². The molecule has 0 bridgehead atoms. The fraction of sp³-hybridized carbons (Fsp3) is 0.542. The maximum absolute atomic E-state index is 13.4. The summed E-state index contributed by atoms with van der Waals surface area (Å²) in [4.78, 5) is 29.8. The first kappa shape index (κ1) is 19.3. The summed E-state index contributed by atoms with van der Waals surface area (Å²) < 4.78 is 0. The summed E-state index contributed by atoms with van der Waals surface area (Å²) in [6.07, 6.45) is 7.73. The van der Waals surface area contributed by atoms with Gasteiger partial charge in [0.15, 0.2) is 0 Å². The highest BCUT2D eigenvalue weighted by Gasteiger charge is 2.49. The Bertz CT molecular complexity index is 918. The molecule has 6 nitrogen and oxygen atoms in total. The van der Waals surface area contributed by atoms with Crippen LogP contribution in [0.1, 0.15) is 72.6 Å². The van der Waals surface area contributed by atoms with Crippen LogP contribution in [0.15, 0.2) is 36.5 Å². The van der Waals surface area contributed by atoms with E-state index in [1.807, 2.05) is 28.0 Å². The molecule has 1 N–H and O–H groups in total. The second-order valence-electron chi connectivity index (χ2n) is 9.19. The van der Waals surface area contributed by atoms with Crippen LogP contribution in [0.5, 0.6) is 0 Å². The second kappa shape index (κ2) is 7.89. The van der Waals surface area contributed by atoms with E-state index in [4.69, 9.17) is 0 Å². The van der Waals surface area contributed by atoms with Crippen LogP contribution >= 0.6 is 0 Å². The van der Waals surface area contributed by atoms with Gasteiger partial charge in [-0.1, -0.05) is 49.6 Å². The zero-order valence-corrected chi connectivity index (χ0v) is 17.6. The summed E-state index contributed by atoms with van der Waals surface area (Å²) in [5.74, 6) is 1.25. The molecule has 2 aromatic rings. The van der Waals surface area contributed by atoms with Gasteiger partial charge in [0.25, 0.3) is 5.91 Å². The molecule has 1 saturated carbocycles. The second-order valence-corrected chi connectivity index (χ2v) is 9.19. The average Bonchev–Trinajstić information content (AvgIpc) is 3.48. The number of nitrogens with one attached hydrogen (secondary N) is 1. The smallest absolute Gasteiger partial charge is 0.257 e. The molecule has 3 aliphatic rings. The predicted molar refractivity (Wildman–Crippen MR) is 114 cm³/mol. The molecule has 2 saturated heterocycles. The van der Waals surface area contributed by atoms with Crippen molar-refractivity contribution in [3.05, 3.63) is 53.3 Å². The molecule has 0 unspecified atom stereocenters. The highest BCUT2D eigenvalue weighted by Crippen LogP contribution is 2.45. The first-order valence-corrected chi connectivity index (χ1v) is 11.3. The first-order chi connectivity index (χ1) is 14.6. The van der Waals surface area contributed by atoms with Gasteiger partial charge in [-0.3, -0.25) is 14.7 Å². The Morgan fingerprint density at radius 1 is 1.03 bits per heavy atom. The van der Waals surface area contributed by atoms with Gasteiger partial charge in [-0.25, -0.2) is 0 Å². The highest BCUT2D eigenvalue weighted by atomic mass is 16.2. The number of carbonyl (C=O) groups is 2. The maximum Gasteiger partial charge on any atom is 0.257 e. The highest BCUT2D eigenvalue weighted by molar-refractivity contribution is 5.95. The van der Waals surface area contributed by atoms with E-state index >= 15 is 0 Å². The van der Waals surface area contributed by atoms with Crippen molar-refractivity contribution in [3.63, 3.8) is 0 Å². The molecule has 6 heteroatoms. The molecule has 158 valence electrons. The Balaban J connectivity index is 1.37. The molecule has 0 radical (unpaired) electrons. The van der Waals surface area contributed by atoms with E-state index < -0.39 is 0 Å². The van der Waals surface area contributed by atoms with Crippen molar-refractivity contribution in [3.8, 4) is 0 Å². The lowest BCUT2D eigenvalue weighted by molar-refractivity contribution is -0.130. The van der Waals surface area contributed by atoms with Gasteiger partial charge in [0.1, 0.15) is 0 Å². The summed E-state index contributed by atoms with van der Waals surface area (Å²) in [6, 6.07) is 10.3. The molecule has 3 atom stereocenters. The van der Waals surface area contributed by atoms with E-state index in [9.17, 15) is 9.59 Å². The number of benzene rings is 1. The number of nitrogens with zero attached hydrogens (tertiary/aromatic N) is 3. The van der Waals surface area contributed by atoms with Crippen LogP contribution in [0.4, 0.5) is 0 Å². The molecule has 2 amide bonds. The van der Waals surface area contributed by atoms with Crippen molar-refractivity contribution in [2.45, 2.75) is 51.0 Å². The average molecular weight is 407 g/mol. The summed E-state index contributed by atoms with van der Waals surface area (Å²) in [6.45, 7) is 3.79. The van der Waals surface area contributed by atoms with Crippen LogP contribution in [0, 0.1) is 11.8 Å². The molecule has 3 fully saturated rings. The minimum absolute atomic E-state index is 0.0497. The van der Waals surface area contributed by atoms with Gasteiger partial charge in [0, 0.05) is 44.3 Å². The lowest BCUT2D eigenvalue weighted by atomic mass is 9.85. The molecule has 2 aliphatic heterocycles. The lowest BCUT2D eigenvalue weighted by Crippen LogP contribution is -2.36. The van der Waals surface area contributed by atoms with Crippen LogP contribution in [0.25, 0.3) is 0 Å². The van der Waals surface area contributed by atoms with E-state index in [1.165, 1.54) is 24.8 Å². The van der Waals surface area contributed by atoms with Crippen molar-refractivity contribution >= 4 is 11.8 Å². The molecule has 5 rings (SSSR count). The molecular weight excluding hydrogens is 376 g/mol. The van der Waals surface area contributed by atoms with E-state index in [0.29, 0.717) is 24.9 Å². The van der Waals surface area contributed by atoms with Crippen molar-refractivity contribution in [2.24, 2.45) is 11.8 Å².